The van der Waals surface area contributed by atoms with Gasteiger partial charge in [0, 0.05) is 5.92 Å². The van der Waals surface area contributed by atoms with Crippen LogP contribution in [0.5, 0.6) is 11.5 Å². The zero-order valence-electron chi connectivity index (χ0n) is 14.4. The molecule has 0 bridgehead atoms. The van der Waals surface area contributed by atoms with Crippen molar-refractivity contribution in [3.63, 3.8) is 0 Å². The fraction of sp³-hybridized carbons (Fsp3) is 0.350. The lowest BCUT2D eigenvalue weighted by Crippen LogP contribution is -2.42. The number of hydrogen-bond acceptors (Lipinski definition) is 6. The normalized spacial score (nSPS) is 23.7. The van der Waals surface area contributed by atoms with Crippen LogP contribution in [0.3, 0.4) is 0 Å². The quantitative estimate of drug-likeness (QED) is 0.847. The molecule has 0 saturated heterocycles. The monoisotopic (exact) mass is 346 g/mol. The van der Waals surface area contributed by atoms with Gasteiger partial charge in [-0.05, 0) is 48.4 Å². The minimum atomic E-state index is -1.65. The maximum absolute atomic E-state index is 9.93. The van der Waals surface area contributed by atoms with E-state index in [1.165, 1.54) is 13.2 Å². The lowest BCUT2D eigenvalue weighted by molar-refractivity contribution is 0.315. The van der Waals surface area contributed by atoms with Gasteiger partial charge in [0.25, 0.3) is 0 Å². The van der Waals surface area contributed by atoms with Gasteiger partial charge in [-0.3, -0.25) is 0 Å². The van der Waals surface area contributed by atoms with Gasteiger partial charge in [-0.1, -0.05) is 12.1 Å². The number of phenolic OH excluding ortho intramolecular Hbond substituents is 1. The number of rotatable bonds is 2. The van der Waals surface area contributed by atoms with Gasteiger partial charge in [0.05, 0.1) is 30.5 Å². The van der Waals surface area contributed by atoms with Crippen molar-refractivity contribution in [1.82, 2.24) is 0 Å². The van der Waals surface area contributed by atoms with Gasteiger partial charge in [0.1, 0.15) is 6.07 Å². The molecule has 0 fully saturated rings. The van der Waals surface area contributed by atoms with E-state index in [2.05, 4.69) is 18.2 Å². The Bertz CT molecular complexity index is 926. The highest BCUT2D eigenvalue weighted by molar-refractivity contribution is 5.60. The average molecular weight is 346 g/mol. The largest absolute Gasteiger partial charge is 0.504 e. The summed E-state index contributed by atoms with van der Waals surface area (Å²) < 4.78 is 5.19. The van der Waals surface area contributed by atoms with Gasteiger partial charge in [-0.2, -0.15) is 15.8 Å². The molecular formula is C20H18N4O2. The lowest BCUT2D eigenvalue weighted by atomic mass is 9.57. The summed E-state index contributed by atoms with van der Waals surface area (Å²) in [6, 6.07) is 11.1. The molecule has 26 heavy (non-hydrogen) atoms. The average Bonchev–Trinajstić information content (AvgIpc) is 2.68. The number of hydrogen-bond donors (Lipinski definition) is 2. The molecular weight excluding hydrogens is 328 g/mol. The zero-order chi connectivity index (χ0) is 18.9. The van der Waals surface area contributed by atoms with Gasteiger partial charge in [-0.25, -0.2) is 0 Å². The highest BCUT2D eigenvalue weighted by Crippen LogP contribution is 2.56. The minimum absolute atomic E-state index is 0.00596. The third-order valence-electron chi connectivity index (χ3n) is 5.36. The second-order valence-electron chi connectivity index (χ2n) is 6.54. The Balaban J connectivity index is 2.32. The minimum Gasteiger partial charge on any atom is -0.504 e. The van der Waals surface area contributed by atoms with E-state index in [1.54, 1.807) is 12.1 Å². The van der Waals surface area contributed by atoms with Gasteiger partial charge in [-0.15, -0.1) is 0 Å². The van der Waals surface area contributed by atoms with E-state index in [9.17, 15) is 20.9 Å². The summed E-state index contributed by atoms with van der Waals surface area (Å²) in [4.78, 5) is 0. The van der Waals surface area contributed by atoms with Crippen LogP contribution in [-0.2, 0) is 0 Å². The van der Waals surface area contributed by atoms with Crippen molar-refractivity contribution in [3.8, 4) is 29.7 Å². The van der Waals surface area contributed by atoms with Crippen molar-refractivity contribution < 1.29 is 9.84 Å². The number of benzene rings is 1. The first-order chi connectivity index (χ1) is 12.5. The predicted molar refractivity (Wildman–Crippen MR) is 93.3 cm³/mol. The van der Waals surface area contributed by atoms with Crippen LogP contribution in [0.25, 0.3) is 0 Å². The summed E-state index contributed by atoms with van der Waals surface area (Å²) in [5, 5.41) is 39.4. The Morgan fingerprint density at radius 1 is 1.27 bits per heavy atom. The van der Waals surface area contributed by atoms with Crippen molar-refractivity contribution in [3.05, 3.63) is 46.7 Å². The van der Waals surface area contributed by atoms with Crippen molar-refractivity contribution >= 4 is 0 Å². The van der Waals surface area contributed by atoms with Crippen LogP contribution >= 0.6 is 0 Å². The van der Waals surface area contributed by atoms with Crippen molar-refractivity contribution in [1.29, 1.82) is 15.8 Å². The number of nitriles is 3. The molecule has 0 spiro atoms. The second-order valence-corrected chi connectivity index (χ2v) is 6.54. The van der Waals surface area contributed by atoms with E-state index in [0.29, 0.717) is 5.56 Å². The molecule has 2 aliphatic rings. The SMILES string of the molecule is COc1cc([C@@H]2[C@H]3CCCC=C3C(C#N)=C(N)C2(C#N)C#N)ccc1O. The van der Waals surface area contributed by atoms with Crippen LogP contribution in [-0.4, -0.2) is 12.2 Å². The van der Waals surface area contributed by atoms with Crippen molar-refractivity contribution in [2.45, 2.75) is 25.2 Å². The van der Waals surface area contributed by atoms with E-state index in [4.69, 9.17) is 10.5 Å². The van der Waals surface area contributed by atoms with E-state index < -0.39 is 11.3 Å². The molecule has 2 atom stereocenters. The third kappa shape index (κ3) is 2.30. The number of allylic oxidation sites excluding steroid dienone is 4. The van der Waals surface area contributed by atoms with Crippen LogP contribution in [0.15, 0.2) is 41.1 Å². The fourth-order valence-corrected chi connectivity index (χ4v) is 4.14. The Hall–Kier alpha value is -3.43. The number of phenols is 1. The standard InChI is InChI=1S/C20H18N4O2/c1-26-17-8-12(6-7-16(17)25)18-14-5-3-2-4-13(14)15(9-21)19(24)20(18,10-22)11-23/h4,6-8,14,18,25H,2-3,5,24H2,1H3/t14-,18+/m0/s1. The number of ether oxygens (including phenoxy) is 1. The number of nitrogens with zero attached hydrogens (tertiary/aromatic N) is 3. The topological polar surface area (TPSA) is 127 Å². The Labute approximate surface area is 152 Å². The number of methoxy groups -OCH3 is 1. The summed E-state index contributed by atoms with van der Waals surface area (Å²) >= 11 is 0. The molecule has 6 nitrogen and oxygen atoms in total. The van der Waals surface area contributed by atoms with Crippen LogP contribution in [0.2, 0.25) is 0 Å². The first-order valence-corrected chi connectivity index (χ1v) is 8.34. The van der Waals surface area contributed by atoms with Gasteiger partial charge >= 0.3 is 0 Å². The molecule has 2 aliphatic carbocycles. The second kappa shape index (κ2) is 6.47. The van der Waals surface area contributed by atoms with Crippen LogP contribution in [0.4, 0.5) is 0 Å². The molecule has 6 heteroatoms. The highest BCUT2D eigenvalue weighted by Gasteiger charge is 2.53. The van der Waals surface area contributed by atoms with Crippen LogP contribution in [0.1, 0.15) is 30.7 Å². The fourth-order valence-electron chi connectivity index (χ4n) is 4.14. The van der Waals surface area contributed by atoms with Crippen LogP contribution < -0.4 is 10.5 Å². The summed E-state index contributed by atoms with van der Waals surface area (Å²) in [5.74, 6) is -0.468. The van der Waals surface area contributed by atoms with E-state index in [-0.39, 0.29) is 28.7 Å². The van der Waals surface area contributed by atoms with Crippen molar-refractivity contribution in [2.75, 3.05) is 7.11 Å². The molecule has 130 valence electrons. The smallest absolute Gasteiger partial charge is 0.191 e. The maximum atomic E-state index is 9.93. The first-order valence-electron chi connectivity index (χ1n) is 8.34. The number of aromatic hydroxyl groups is 1. The maximum Gasteiger partial charge on any atom is 0.191 e. The molecule has 0 saturated carbocycles. The van der Waals surface area contributed by atoms with Gasteiger partial charge < -0.3 is 15.6 Å². The molecule has 0 aliphatic heterocycles. The van der Waals surface area contributed by atoms with Gasteiger partial charge in [0.15, 0.2) is 16.9 Å². The molecule has 0 amide bonds. The van der Waals surface area contributed by atoms with E-state index >= 15 is 0 Å². The third-order valence-corrected chi connectivity index (χ3v) is 5.36. The van der Waals surface area contributed by atoms with E-state index in [0.717, 1.165) is 24.8 Å². The summed E-state index contributed by atoms with van der Waals surface area (Å²) in [6.45, 7) is 0. The van der Waals surface area contributed by atoms with Crippen LogP contribution in [0, 0.1) is 45.3 Å². The molecule has 0 heterocycles. The molecule has 3 rings (SSSR count). The molecule has 0 unspecified atom stereocenters. The summed E-state index contributed by atoms with van der Waals surface area (Å²) in [7, 11) is 1.44. The summed E-state index contributed by atoms with van der Waals surface area (Å²) in [5.41, 5.74) is 6.32. The lowest BCUT2D eigenvalue weighted by Gasteiger charge is -2.43. The number of nitrogens with two attached hydrogens (primary N) is 1. The van der Waals surface area contributed by atoms with Crippen molar-refractivity contribution in [2.24, 2.45) is 17.1 Å². The number of fused-ring (bicyclic) bond motifs is 1. The van der Waals surface area contributed by atoms with Gasteiger partial charge in [0.2, 0.25) is 0 Å². The zero-order valence-corrected chi connectivity index (χ0v) is 14.4. The molecule has 0 radical (unpaired) electrons. The Morgan fingerprint density at radius 2 is 2.00 bits per heavy atom. The highest BCUT2D eigenvalue weighted by atomic mass is 16.5. The first kappa shape index (κ1) is 17.4. The summed E-state index contributed by atoms with van der Waals surface area (Å²) in [6.07, 6.45) is 4.49. The molecule has 3 N–H and O–H groups in total. The van der Waals surface area contributed by atoms with E-state index in [1.807, 2.05) is 6.08 Å². The molecule has 1 aromatic rings. The predicted octanol–water partition coefficient (Wildman–Crippen LogP) is 2.99. The molecule has 0 aromatic heterocycles. The Kier molecular flexibility index (Phi) is 4.33. The Morgan fingerprint density at radius 3 is 2.62 bits per heavy atom. The molecule has 1 aromatic carbocycles.